The highest BCUT2D eigenvalue weighted by molar-refractivity contribution is 6.29. The van der Waals surface area contributed by atoms with Gasteiger partial charge < -0.3 is 40.6 Å². The molecule has 0 saturated carbocycles. The average molecular weight is 633 g/mol. The number of halogens is 1. The number of hydrogen-bond donors (Lipinski definition) is 3. The molecule has 4 rings (SSSR count). The van der Waals surface area contributed by atoms with Crippen LogP contribution in [0.1, 0.15) is 49.9 Å². The van der Waals surface area contributed by atoms with E-state index in [0.717, 1.165) is 62.5 Å². The number of piperidine rings is 1. The molecule has 1 aromatic carbocycles. The molecular weight excluding hydrogens is 592 g/mol. The Morgan fingerprint density at radius 1 is 1.25 bits per heavy atom. The smallest absolute Gasteiger partial charge is 0.277 e. The molecule has 0 bridgehead atoms. The van der Waals surface area contributed by atoms with E-state index in [1.165, 1.54) is 6.20 Å². The predicted molar refractivity (Wildman–Crippen MR) is 162 cm³/mol. The minimum Gasteiger partial charge on any atom is -0.554 e. The molecule has 0 atom stereocenters. The second-order valence-corrected chi connectivity index (χ2v) is 10.3. The van der Waals surface area contributed by atoms with Crippen LogP contribution in [0.25, 0.3) is 11.0 Å². The minimum absolute atomic E-state index is 0.0132. The second kappa shape index (κ2) is 17.3. The topological polar surface area (TPSA) is 181 Å². The lowest BCUT2D eigenvalue weighted by Crippen LogP contribution is -2.46. The van der Waals surface area contributed by atoms with Crippen molar-refractivity contribution in [1.29, 1.82) is 0 Å². The molecule has 3 aromatic rings. The molecule has 2 aromatic heterocycles. The van der Waals surface area contributed by atoms with Gasteiger partial charge in [0.05, 0.1) is 25.9 Å². The number of anilines is 1. The van der Waals surface area contributed by atoms with Gasteiger partial charge in [-0.05, 0) is 45.7 Å². The van der Waals surface area contributed by atoms with E-state index < -0.39 is 12.4 Å². The van der Waals surface area contributed by atoms with Crippen LogP contribution in [0.3, 0.4) is 0 Å². The molecule has 3 heterocycles. The van der Waals surface area contributed by atoms with Gasteiger partial charge in [0, 0.05) is 44.8 Å². The number of carboxylic acid groups (broad SMARTS) is 1. The van der Waals surface area contributed by atoms with Crippen molar-refractivity contribution in [2.75, 3.05) is 45.2 Å². The molecule has 0 unspecified atom stereocenters. The number of hydrogen-bond acceptors (Lipinski definition) is 10. The number of nitrogen functional groups attached to an aromatic ring is 1. The number of nitrogens with one attached hydrogen (secondary N) is 2. The molecular formula is C29H41ClN8O6. The van der Waals surface area contributed by atoms with E-state index in [4.69, 9.17) is 36.7 Å². The summed E-state index contributed by atoms with van der Waals surface area (Å²) in [6.07, 6.45) is 3.13. The van der Waals surface area contributed by atoms with Gasteiger partial charge in [0.2, 0.25) is 0 Å². The van der Waals surface area contributed by atoms with Crippen LogP contribution in [0.2, 0.25) is 5.15 Å². The van der Waals surface area contributed by atoms with Gasteiger partial charge in [0.1, 0.15) is 17.4 Å². The first kappa shape index (κ1) is 34.5. The van der Waals surface area contributed by atoms with E-state index in [1.807, 2.05) is 39.0 Å². The lowest BCUT2D eigenvalue weighted by atomic mass is 10.1. The lowest BCUT2D eigenvalue weighted by molar-refractivity contribution is -0.676. The van der Waals surface area contributed by atoms with E-state index >= 15 is 0 Å². The van der Waals surface area contributed by atoms with Crippen LogP contribution in [0.15, 0.2) is 24.4 Å². The molecule has 0 spiro atoms. The maximum absolute atomic E-state index is 12.8. The highest BCUT2D eigenvalue weighted by Crippen LogP contribution is 2.22. The first-order valence-corrected chi connectivity index (χ1v) is 15.0. The number of ether oxygens (including phenoxy) is 2. The average Bonchev–Trinajstić information content (AvgIpc) is 3.33. The number of fused-ring (bicyclic) bond motifs is 1. The normalized spacial score (nSPS) is 13.6. The molecule has 1 saturated heterocycles. The Kier molecular flexibility index (Phi) is 13.6. The molecule has 1 aliphatic heterocycles. The fourth-order valence-electron chi connectivity index (χ4n) is 5.20. The Labute approximate surface area is 261 Å². The third-order valence-electron chi connectivity index (χ3n) is 7.26. The monoisotopic (exact) mass is 632 g/mol. The van der Waals surface area contributed by atoms with Crippen LogP contribution in [0.5, 0.6) is 5.75 Å². The fraction of sp³-hybridized carbons (Fsp3) is 0.517. The number of aromatic nitrogens is 4. The van der Waals surface area contributed by atoms with E-state index in [2.05, 4.69) is 34.6 Å². The first-order chi connectivity index (χ1) is 21.3. The summed E-state index contributed by atoms with van der Waals surface area (Å²) in [4.78, 5) is 44.0. The number of imidazole rings is 1. The fourth-order valence-corrected chi connectivity index (χ4v) is 5.34. The van der Waals surface area contributed by atoms with E-state index in [9.17, 15) is 9.59 Å². The molecule has 0 aliphatic carbocycles. The summed E-state index contributed by atoms with van der Waals surface area (Å²) < 4.78 is 15.6. The third-order valence-corrected chi connectivity index (χ3v) is 7.44. The Hall–Kier alpha value is -4.01. The molecule has 2 amide bonds. The molecule has 15 heteroatoms. The van der Waals surface area contributed by atoms with Gasteiger partial charge >= 0.3 is 0 Å². The van der Waals surface area contributed by atoms with E-state index in [-0.39, 0.29) is 41.8 Å². The molecule has 4 N–H and O–H groups in total. The Balaban J connectivity index is 0.00000169. The number of nitrogens with zero attached hydrogens (tertiary/aromatic N) is 5. The van der Waals surface area contributed by atoms with Crippen molar-refractivity contribution in [3.8, 4) is 5.75 Å². The second-order valence-electron chi connectivity index (χ2n) is 9.93. The summed E-state index contributed by atoms with van der Waals surface area (Å²) >= 11 is 5.90. The van der Waals surface area contributed by atoms with Gasteiger partial charge in [0.25, 0.3) is 17.6 Å². The number of benzene rings is 1. The zero-order chi connectivity index (χ0) is 32.1. The summed E-state index contributed by atoms with van der Waals surface area (Å²) in [5.41, 5.74) is 7.75. The minimum atomic E-state index is -0.500. The number of carbonyl (C=O) groups excluding carboxylic acids is 3. The zero-order valence-electron chi connectivity index (χ0n) is 25.4. The standard InChI is InChI=1S/C28H39ClN8O4.CH2O2/c1-4-36-21-8-7-20(41-18-24(38)33-19-9-11-35(12-10-19)13-14-40-6-3)15-22(21)37(5-2)25(36)17-32-28(39)26-27(30)31-16-23(29)34-26;2-1-3/h7-8,15-16,19H,4-6,9-14,17-18H2,1-3H3,(H3-,30,31,32,33,38,39);1H,(H,2,3). The molecule has 240 valence electrons. The van der Waals surface area contributed by atoms with Crippen LogP contribution in [-0.2, 0) is 34.0 Å². The summed E-state index contributed by atoms with van der Waals surface area (Å²) in [6, 6.07) is 5.93. The number of aryl methyl sites for hydroxylation is 2. The number of likely N-dealkylation sites (tertiary alicyclic amines) is 1. The molecule has 1 fully saturated rings. The zero-order valence-corrected chi connectivity index (χ0v) is 26.1. The number of carbonyl (C=O) groups is 3. The summed E-state index contributed by atoms with van der Waals surface area (Å²) in [6.45, 7) is 11.4. The van der Waals surface area contributed by atoms with Crippen LogP contribution < -0.4 is 30.8 Å². The van der Waals surface area contributed by atoms with Crippen molar-refractivity contribution in [2.45, 2.75) is 59.3 Å². The van der Waals surface area contributed by atoms with Crippen molar-refractivity contribution in [3.63, 3.8) is 0 Å². The van der Waals surface area contributed by atoms with Crippen LogP contribution in [0, 0.1) is 0 Å². The maximum atomic E-state index is 12.8. The van der Waals surface area contributed by atoms with Crippen molar-refractivity contribution in [3.05, 3.63) is 41.1 Å². The number of amides is 2. The van der Waals surface area contributed by atoms with Crippen LogP contribution in [-0.4, -0.2) is 83.2 Å². The van der Waals surface area contributed by atoms with Gasteiger partial charge in [0.15, 0.2) is 29.2 Å². The SMILES string of the molecule is CCOCCN1CCC(NC(=O)COc2ccc3c(c2)n(CC)c(CNC(=O)c2nc(Cl)cnc2N)[n+]3CC)CC1.O=C[O-]. The van der Waals surface area contributed by atoms with Crippen molar-refractivity contribution in [2.24, 2.45) is 0 Å². The van der Waals surface area contributed by atoms with Gasteiger partial charge in [-0.15, -0.1) is 0 Å². The van der Waals surface area contributed by atoms with Crippen molar-refractivity contribution >= 4 is 46.7 Å². The van der Waals surface area contributed by atoms with Crippen LogP contribution >= 0.6 is 11.6 Å². The van der Waals surface area contributed by atoms with Gasteiger partial charge in [-0.1, -0.05) is 11.6 Å². The highest BCUT2D eigenvalue weighted by atomic mass is 35.5. The summed E-state index contributed by atoms with van der Waals surface area (Å²) in [5, 5.41) is 14.3. The number of rotatable bonds is 13. The first-order valence-electron chi connectivity index (χ1n) is 14.6. The van der Waals surface area contributed by atoms with Gasteiger partial charge in [-0.25, -0.2) is 19.1 Å². The molecule has 1 aliphatic rings. The Morgan fingerprint density at radius 3 is 2.64 bits per heavy atom. The molecule has 14 nitrogen and oxygen atoms in total. The number of nitrogens with two attached hydrogens (primary N) is 1. The highest BCUT2D eigenvalue weighted by Gasteiger charge is 2.26. The Morgan fingerprint density at radius 2 is 1.98 bits per heavy atom. The van der Waals surface area contributed by atoms with Crippen molar-refractivity contribution < 1.29 is 33.5 Å². The molecule has 0 radical (unpaired) electrons. The quantitative estimate of drug-likeness (QED) is 0.135. The predicted octanol–water partition coefficient (Wildman–Crippen LogP) is 0.286. The molecule has 44 heavy (non-hydrogen) atoms. The Bertz CT molecular complexity index is 1410. The van der Waals surface area contributed by atoms with E-state index in [0.29, 0.717) is 18.8 Å². The van der Waals surface area contributed by atoms with Crippen molar-refractivity contribution in [1.82, 2.24) is 30.1 Å². The largest absolute Gasteiger partial charge is 0.554 e. The third kappa shape index (κ3) is 9.24. The van der Waals surface area contributed by atoms with Gasteiger partial charge in [-0.3, -0.25) is 9.59 Å². The summed E-state index contributed by atoms with van der Waals surface area (Å²) in [5.74, 6) is 0.930. The van der Waals surface area contributed by atoms with Crippen LogP contribution in [0.4, 0.5) is 5.82 Å². The van der Waals surface area contributed by atoms with E-state index in [1.54, 1.807) is 0 Å². The summed E-state index contributed by atoms with van der Waals surface area (Å²) in [7, 11) is 0. The lowest BCUT2D eigenvalue weighted by Gasteiger charge is -2.32. The van der Waals surface area contributed by atoms with Gasteiger partial charge in [-0.2, -0.15) is 0 Å². The maximum Gasteiger partial charge on any atom is 0.277 e.